The molecule has 0 spiro atoms. The lowest BCUT2D eigenvalue weighted by molar-refractivity contribution is 0.0810. The van der Waals surface area contributed by atoms with Gasteiger partial charge in [0.2, 0.25) is 0 Å². The van der Waals surface area contributed by atoms with Crippen LogP contribution in [0.4, 0.5) is 0 Å². The summed E-state index contributed by atoms with van der Waals surface area (Å²) in [5.74, 6) is 0.839. The first-order chi connectivity index (χ1) is 16.0. The van der Waals surface area contributed by atoms with E-state index < -0.39 is 5.60 Å². The van der Waals surface area contributed by atoms with Gasteiger partial charge in [0.1, 0.15) is 11.4 Å². The summed E-state index contributed by atoms with van der Waals surface area (Å²) in [6.07, 6.45) is 5.52. The quantitative estimate of drug-likeness (QED) is 0.373. The Labute approximate surface area is 203 Å². The summed E-state index contributed by atoms with van der Waals surface area (Å²) in [7, 11) is 0. The number of aryl methyl sites for hydroxylation is 1. The number of ether oxygens (including phenoxy) is 1. The van der Waals surface area contributed by atoms with E-state index in [1.165, 1.54) is 37.9 Å². The second-order valence-corrected chi connectivity index (χ2v) is 9.59. The van der Waals surface area contributed by atoms with E-state index in [9.17, 15) is 5.11 Å². The number of rotatable bonds is 9. The summed E-state index contributed by atoms with van der Waals surface area (Å²) in [5.41, 5.74) is 2.78. The van der Waals surface area contributed by atoms with Gasteiger partial charge in [0.25, 0.3) is 0 Å². The number of hydrogen-bond acceptors (Lipinski definition) is 3. The topological polar surface area (TPSA) is 32.7 Å². The molecule has 1 saturated heterocycles. The zero-order valence-corrected chi connectivity index (χ0v) is 20.2. The summed E-state index contributed by atoms with van der Waals surface area (Å²) < 4.78 is 5.99. The molecule has 1 aliphatic heterocycles. The monoisotopic (exact) mass is 463 g/mol. The highest BCUT2D eigenvalue weighted by Crippen LogP contribution is 2.35. The molecule has 4 heteroatoms. The zero-order valence-electron chi connectivity index (χ0n) is 19.5. The number of aliphatic hydroxyl groups is 1. The van der Waals surface area contributed by atoms with E-state index in [4.69, 9.17) is 16.3 Å². The first-order valence-corrected chi connectivity index (χ1v) is 12.4. The molecule has 0 bridgehead atoms. The normalized spacial score (nSPS) is 16.3. The third kappa shape index (κ3) is 6.38. The number of benzene rings is 3. The van der Waals surface area contributed by atoms with Gasteiger partial charge in [-0.3, -0.25) is 0 Å². The maximum absolute atomic E-state index is 11.9. The Hall–Kier alpha value is -2.33. The van der Waals surface area contributed by atoms with Crippen LogP contribution in [0.5, 0.6) is 5.75 Å². The summed E-state index contributed by atoms with van der Waals surface area (Å²) >= 11 is 6.11. The van der Waals surface area contributed by atoms with Gasteiger partial charge < -0.3 is 14.7 Å². The van der Waals surface area contributed by atoms with E-state index in [0.29, 0.717) is 18.1 Å². The van der Waals surface area contributed by atoms with Gasteiger partial charge in [0.05, 0.1) is 6.61 Å². The molecular weight excluding hydrogens is 430 g/mol. The smallest absolute Gasteiger partial charge is 0.119 e. The molecule has 3 aromatic carbocycles. The van der Waals surface area contributed by atoms with Gasteiger partial charge in [-0.05, 0) is 80.2 Å². The molecule has 0 saturated carbocycles. The molecule has 1 N–H and O–H groups in total. The maximum Gasteiger partial charge on any atom is 0.119 e. The van der Waals surface area contributed by atoms with Crippen molar-refractivity contribution in [2.24, 2.45) is 0 Å². The van der Waals surface area contributed by atoms with Crippen LogP contribution in [0.1, 0.15) is 47.9 Å². The van der Waals surface area contributed by atoms with Gasteiger partial charge in [0, 0.05) is 18.0 Å². The van der Waals surface area contributed by atoms with Crippen molar-refractivity contribution < 1.29 is 9.84 Å². The van der Waals surface area contributed by atoms with E-state index >= 15 is 0 Å². The predicted octanol–water partition coefficient (Wildman–Crippen LogP) is 6.38. The van der Waals surface area contributed by atoms with Crippen molar-refractivity contribution in [2.75, 3.05) is 26.2 Å². The number of hydrogen-bond donors (Lipinski definition) is 1. The van der Waals surface area contributed by atoms with Crippen molar-refractivity contribution >= 4 is 11.6 Å². The summed E-state index contributed by atoms with van der Waals surface area (Å²) in [4.78, 5) is 2.53. The van der Waals surface area contributed by atoms with Crippen LogP contribution in [0.25, 0.3) is 0 Å². The predicted molar refractivity (Wildman–Crippen MR) is 136 cm³/mol. The largest absolute Gasteiger partial charge is 0.494 e. The highest BCUT2D eigenvalue weighted by molar-refractivity contribution is 6.30. The molecule has 1 unspecified atom stereocenters. The fourth-order valence-corrected chi connectivity index (χ4v) is 4.71. The van der Waals surface area contributed by atoms with Crippen molar-refractivity contribution in [1.82, 2.24) is 4.90 Å². The van der Waals surface area contributed by atoms with Crippen molar-refractivity contribution in [3.05, 3.63) is 100 Å². The number of piperidine rings is 1. The fraction of sp³-hybridized carbons (Fsp3) is 0.379. The highest BCUT2D eigenvalue weighted by Gasteiger charge is 2.32. The Morgan fingerprint density at radius 1 is 0.848 bits per heavy atom. The van der Waals surface area contributed by atoms with Crippen LogP contribution in [-0.2, 0) is 12.0 Å². The Balaban J connectivity index is 1.45. The van der Waals surface area contributed by atoms with Crippen molar-refractivity contribution in [3.8, 4) is 5.75 Å². The fourth-order valence-electron chi connectivity index (χ4n) is 4.59. The molecule has 0 amide bonds. The summed E-state index contributed by atoms with van der Waals surface area (Å²) in [5, 5.41) is 12.6. The second-order valence-electron chi connectivity index (χ2n) is 9.16. The maximum atomic E-state index is 11.9. The lowest BCUT2D eigenvalue weighted by Crippen LogP contribution is -2.31. The van der Waals surface area contributed by atoms with Crippen LogP contribution in [-0.4, -0.2) is 36.2 Å². The molecule has 0 radical (unpaired) electrons. The molecule has 3 aromatic rings. The third-order valence-electron chi connectivity index (χ3n) is 6.57. The minimum absolute atomic E-state index is 0.477. The molecule has 1 aliphatic rings. The molecule has 33 heavy (non-hydrogen) atoms. The van der Waals surface area contributed by atoms with E-state index in [0.717, 1.165) is 35.4 Å². The van der Waals surface area contributed by atoms with Gasteiger partial charge in [-0.1, -0.05) is 72.1 Å². The van der Waals surface area contributed by atoms with Crippen LogP contribution in [0.15, 0.2) is 72.8 Å². The molecular formula is C29H34ClNO2. The molecule has 1 heterocycles. The molecule has 0 aromatic heterocycles. The van der Waals surface area contributed by atoms with Gasteiger partial charge in [-0.15, -0.1) is 0 Å². The molecule has 1 atom stereocenters. The van der Waals surface area contributed by atoms with E-state index in [2.05, 4.69) is 36.1 Å². The molecule has 174 valence electrons. The van der Waals surface area contributed by atoms with E-state index in [1.54, 1.807) is 0 Å². The van der Waals surface area contributed by atoms with Gasteiger partial charge in [-0.2, -0.15) is 0 Å². The first-order valence-electron chi connectivity index (χ1n) is 12.0. The van der Waals surface area contributed by atoms with E-state index in [1.807, 2.05) is 48.5 Å². The molecule has 3 nitrogen and oxygen atoms in total. The van der Waals surface area contributed by atoms with Crippen LogP contribution in [0.3, 0.4) is 0 Å². The molecule has 1 fully saturated rings. The van der Waals surface area contributed by atoms with E-state index in [-0.39, 0.29) is 0 Å². The number of halogens is 1. The number of likely N-dealkylation sites (tertiary alicyclic amines) is 1. The van der Waals surface area contributed by atoms with Gasteiger partial charge in [-0.25, -0.2) is 0 Å². The average Bonchev–Trinajstić information content (AvgIpc) is 2.85. The summed E-state index contributed by atoms with van der Waals surface area (Å²) in [6, 6.07) is 23.7. The second kappa shape index (κ2) is 11.2. The minimum Gasteiger partial charge on any atom is -0.494 e. The van der Waals surface area contributed by atoms with Crippen molar-refractivity contribution in [2.45, 2.75) is 44.6 Å². The average molecular weight is 464 g/mol. The SMILES string of the molecule is Cc1ccc(CC(O)(c2ccc(Cl)cc2)c2ccc(OCCCN3CCCCC3)cc2)cc1. The summed E-state index contributed by atoms with van der Waals surface area (Å²) in [6.45, 7) is 6.32. The van der Waals surface area contributed by atoms with Crippen molar-refractivity contribution in [3.63, 3.8) is 0 Å². The number of nitrogens with zero attached hydrogens (tertiary/aromatic N) is 1. The molecule has 4 rings (SSSR count). The first kappa shape index (κ1) is 23.8. The Morgan fingerprint density at radius 3 is 2.09 bits per heavy atom. The van der Waals surface area contributed by atoms with Crippen LogP contribution in [0.2, 0.25) is 5.02 Å². The lowest BCUT2D eigenvalue weighted by atomic mass is 9.81. The van der Waals surface area contributed by atoms with Gasteiger partial charge >= 0.3 is 0 Å². The van der Waals surface area contributed by atoms with Gasteiger partial charge in [0.15, 0.2) is 0 Å². The molecule has 0 aliphatic carbocycles. The standard InChI is InChI=1S/C29H34ClNO2/c1-23-6-8-24(9-7-23)22-29(32,25-10-14-27(30)15-11-25)26-12-16-28(17-13-26)33-21-5-20-31-18-3-2-4-19-31/h6-17,32H,2-5,18-22H2,1H3. The van der Waals surface area contributed by atoms with Crippen LogP contribution < -0.4 is 4.74 Å². The van der Waals surface area contributed by atoms with Crippen LogP contribution in [0, 0.1) is 6.92 Å². The Morgan fingerprint density at radius 2 is 1.45 bits per heavy atom. The third-order valence-corrected chi connectivity index (χ3v) is 6.82. The lowest BCUT2D eigenvalue weighted by Gasteiger charge is -2.30. The van der Waals surface area contributed by atoms with Crippen LogP contribution >= 0.6 is 11.6 Å². The Bertz CT molecular complexity index is 995. The highest BCUT2D eigenvalue weighted by atomic mass is 35.5. The van der Waals surface area contributed by atoms with Crippen molar-refractivity contribution in [1.29, 1.82) is 0 Å². The Kier molecular flexibility index (Phi) is 8.08. The zero-order chi connectivity index (χ0) is 23.1. The minimum atomic E-state index is -1.16.